The first kappa shape index (κ1) is 11.0. The third kappa shape index (κ3) is 3.00. The first-order valence-electron chi connectivity index (χ1n) is 5.10. The van der Waals surface area contributed by atoms with Crippen molar-refractivity contribution >= 4 is 15.9 Å². The van der Waals surface area contributed by atoms with Crippen LogP contribution < -0.4 is 0 Å². The highest BCUT2D eigenvalue weighted by molar-refractivity contribution is 9.10. The number of β-amino-alcohol motifs (C(OH)–C–C–N with tert-alkyl or cyclic N) is 1. The molecule has 2 rings (SSSR count). The van der Waals surface area contributed by atoms with E-state index in [-0.39, 0.29) is 0 Å². The Labute approximate surface area is 98.3 Å². The fraction of sp³-hybridized carbons (Fsp3) is 0.545. The van der Waals surface area contributed by atoms with Gasteiger partial charge in [0.2, 0.25) is 0 Å². The zero-order valence-corrected chi connectivity index (χ0v) is 10.4. The average molecular weight is 271 g/mol. The third-order valence-electron chi connectivity index (χ3n) is 2.73. The van der Waals surface area contributed by atoms with Gasteiger partial charge in [0.25, 0.3) is 0 Å². The predicted molar refractivity (Wildman–Crippen MR) is 62.5 cm³/mol. The van der Waals surface area contributed by atoms with Gasteiger partial charge in [0, 0.05) is 25.8 Å². The van der Waals surface area contributed by atoms with Gasteiger partial charge in [0.05, 0.1) is 5.60 Å². The summed E-state index contributed by atoms with van der Waals surface area (Å²) >= 11 is 3.35. The van der Waals surface area contributed by atoms with Crippen LogP contribution in [0, 0.1) is 0 Å². The van der Waals surface area contributed by atoms with Crippen LogP contribution in [0.1, 0.15) is 18.9 Å². The first-order chi connectivity index (χ1) is 7.05. The molecule has 15 heavy (non-hydrogen) atoms. The van der Waals surface area contributed by atoms with E-state index in [1.165, 1.54) is 5.56 Å². The minimum Gasteiger partial charge on any atom is -0.389 e. The number of aromatic nitrogens is 1. The number of hydrogen-bond donors (Lipinski definition) is 1. The van der Waals surface area contributed by atoms with Crippen molar-refractivity contribution in [2.75, 3.05) is 13.1 Å². The number of pyridine rings is 1. The van der Waals surface area contributed by atoms with Crippen molar-refractivity contribution in [3.8, 4) is 0 Å². The van der Waals surface area contributed by atoms with Crippen molar-refractivity contribution < 1.29 is 5.11 Å². The maximum absolute atomic E-state index is 9.83. The molecule has 0 aromatic carbocycles. The molecule has 0 radical (unpaired) electrons. The van der Waals surface area contributed by atoms with Crippen molar-refractivity contribution in [1.82, 2.24) is 9.88 Å². The van der Waals surface area contributed by atoms with Crippen LogP contribution in [0.3, 0.4) is 0 Å². The van der Waals surface area contributed by atoms with Crippen LogP contribution >= 0.6 is 15.9 Å². The summed E-state index contributed by atoms with van der Waals surface area (Å²) < 4.78 is 0.867. The number of nitrogens with zero attached hydrogens (tertiary/aromatic N) is 2. The SMILES string of the molecule is C[C@@]1(O)CCN(Cc2ccnc(Br)c2)C1. The Balaban J connectivity index is 1.99. The fourth-order valence-electron chi connectivity index (χ4n) is 1.97. The smallest absolute Gasteiger partial charge is 0.106 e. The number of rotatable bonds is 2. The van der Waals surface area contributed by atoms with Gasteiger partial charge in [0.1, 0.15) is 4.60 Å². The molecule has 0 saturated carbocycles. The van der Waals surface area contributed by atoms with Crippen LogP contribution in [0.4, 0.5) is 0 Å². The standard InChI is InChI=1S/C11H15BrN2O/c1-11(15)3-5-14(8-11)7-9-2-4-13-10(12)6-9/h2,4,6,15H,3,5,7-8H2,1H3/t11-/m1/s1. The monoisotopic (exact) mass is 270 g/mol. The second kappa shape index (κ2) is 4.20. The maximum Gasteiger partial charge on any atom is 0.106 e. The van der Waals surface area contributed by atoms with Gasteiger partial charge in [-0.3, -0.25) is 4.90 Å². The van der Waals surface area contributed by atoms with E-state index in [2.05, 4.69) is 25.8 Å². The number of hydrogen-bond acceptors (Lipinski definition) is 3. The topological polar surface area (TPSA) is 36.4 Å². The summed E-state index contributed by atoms with van der Waals surface area (Å²) in [6.07, 6.45) is 2.66. The summed E-state index contributed by atoms with van der Waals surface area (Å²) in [7, 11) is 0. The molecular formula is C11H15BrN2O. The molecule has 1 aromatic heterocycles. The summed E-state index contributed by atoms with van der Waals surface area (Å²) in [5.74, 6) is 0. The predicted octanol–water partition coefficient (Wildman–Crippen LogP) is 1.80. The second-order valence-corrected chi connectivity index (χ2v) is 5.26. The van der Waals surface area contributed by atoms with Crippen LogP contribution in [0.2, 0.25) is 0 Å². The molecule has 0 aliphatic carbocycles. The lowest BCUT2D eigenvalue weighted by Crippen LogP contribution is -2.29. The zero-order chi connectivity index (χ0) is 10.9. The molecule has 0 bridgehead atoms. The Kier molecular flexibility index (Phi) is 3.09. The molecule has 2 heterocycles. The largest absolute Gasteiger partial charge is 0.389 e. The van der Waals surface area contributed by atoms with Crippen molar-refractivity contribution in [2.45, 2.75) is 25.5 Å². The number of likely N-dealkylation sites (tertiary alicyclic amines) is 1. The maximum atomic E-state index is 9.83. The minimum atomic E-state index is -0.510. The molecule has 0 spiro atoms. The molecule has 1 saturated heterocycles. The summed E-state index contributed by atoms with van der Waals surface area (Å²) in [4.78, 5) is 6.36. The van der Waals surface area contributed by atoms with Gasteiger partial charge < -0.3 is 5.11 Å². The molecule has 82 valence electrons. The molecule has 0 unspecified atom stereocenters. The lowest BCUT2D eigenvalue weighted by molar-refractivity contribution is 0.0679. The van der Waals surface area contributed by atoms with Crippen LogP contribution in [-0.2, 0) is 6.54 Å². The van der Waals surface area contributed by atoms with E-state index in [1.807, 2.05) is 19.1 Å². The minimum absolute atomic E-state index is 0.510. The van der Waals surface area contributed by atoms with E-state index in [0.29, 0.717) is 0 Å². The number of aliphatic hydroxyl groups is 1. The van der Waals surface area contributed by atoms with Crippen molar-refractivity contribution in [1.29, 1.82) is 0 Å². The molecule has 1 atom stereocenters. The zero-order valence-electron chi connectivity index (χ0n) is 8.78. The van der Waals surface area contributed by atoms with E-state index < -0.39 is 5.60 Å². The highest BCUT2D eigenvalue weighted by Crippen LogP contribution is 2.22. The first-order valence-corrected chi connectivity index (χ1v) is 5.90. The quantitative estimate of drug-likeness (QED) is 0.833. The average Bonchev–Trinajstić information content (AvgIpc) is 2.45. The van der Waals surface area contributed by atoms with Gasteiger partial charge in [-0.2, -0.15) is 0 Å². The summed E-state index contributed by atoms with van der Waals surface area (Å²) in [5.41, 5.74) is 0.721. The van der Waals surface area contributed by atoms with Gasteiger partial charge in [-0.15, -0.1) is 0 Å². The van der Waals surface area contributed by atoms with E-state index in [4.69, 9.17) is 0 Å². The molecule has 0 amide bonds. The Morgan fingerprint density at radius 3 is 3.07 bits per heavy atom. The van der Waals surface area contributed by atoms with Crippen molar-refractivity contribution in [3.63, 3.8) is 0 Å². The molecule has 1 N–H and O–H groups in total. The number of halogens is 1. The lowest BCUT2D eigenvalue weighted by atomic mass is 10.1. The summed E-state index contributed by atoms with van der Waals surface area (Å²) in [6.45, 7) is 4.51. The second-order valence-electron chi connectivity index (χ2n) is 4.44. The molecule has 4 heteroatoms. The van der Waals surface area contributed by atoms with E-state index in [0.717, 1.165) is 30.7 Å². The summed E-state index contributed by atoms with van der Waals surface area (Å²) in [6, 6.07) is 4.03. The van der Waals surface area contributed by atoms with Gasteiger partial charge >= 0.3 is 0 Å². The normalized spacial score (nSPS) is 27.1. The molecule has 1 aromatic rings. The van der Waals surface area contributed by atoms with Gasteiger partial charge in [0.15, 0.2) is 0 Å². The molecule has 1 aliphatic heterocycles. The van der Waals surface area contributed by atoms with Crippen LogP contribution in [0.5, 0.6) is 0 Å². The van der Waals surface area contributed by atoms with Crippen LogP contribution in [0.15, 0.2) is 22.9 Å². The van der Waals surface area contributed by atoms with Gasteiger partial charge in [-0.05, 0) is 47.0 Å². The molecular weight excluding hydrogens is 256 g/mol. The van der Waals surface area contributed by atoms with Gasteiger partial charge in [-0.25, -0.2) is 4.98 Å². The fourth-order valence-corrected chi connectivity index (χ4v) is 2.39. The van der Waals surface area contributed by atoms with Crippen LogP contribution in [-0.4, -0.2) is 33.7 Å². The lowest BCUT2D eigenvalue weighted by Gasteiger charge is -2.18. The molecule has 1 fully saturated rings. The Bertz CT molecular complexity index is 354. The van der Waals surface area contributed by atoms with E-state index in [9.17, 15) is 5.11 Å². The molecule has 1 aliphatic rings. The summed E-state index contributed by atoms with van der Waals surface area (Å²) in [5, 5.41) is 9.83. The Morgan fingerprint density at radius 1 is 1.67 bits per heavy atom. The van der Waals surface area contributed by atoms with E-state index >= 15 is 0 Å². The van der Waals surface area contributed by atoms with Crippen molar-refractivity contribution in [2.24, 2.45) is 0 Å². The highest BCUT2D eigenvalue weighted by Gasteiger charge is 2.30. The Morgan fingerprint density at radius 2 is 2.47 bits per heavy atom. The van der Waals surface area contributed by atoms with E-state index in [1.54, 1.807) is 6.20 Å². The Hall–Kier alpha value is -0.450. The van der Waals surface area contributed by atoms with Gasteiger partial charge in [-0.1, -0.05) is 0 Å². The van der Waals surface area contributed by atoms with Crippen LogP contribution in [0.25, 0.3) is 0 Å². The third-order valence-corrected chi connectivity index (χ3v) is 3.16. The highest BCUT2D eigenvalue weighted by atomic mass is 79.9. The molecule has 3 nitrogen and oxygen atoms in total. The van der Waals surface area contributed by atoms with Crippen molar-refractivity contribution in [3.05, 3.63) is 28.5 Å².